The molecule has 134 valence electrons. The molecule has 0 aliphatic carbocycles. The van der Waals surface area contributed by atoms with Crippen LogP contribution in [-0.2, 0) is 19.1 Å². The average Bonchev–Trinajstić information content (AvgIpc) is 2.57. The van der Waals surface area contributed by atoms with E-state index in [-0.39, 0.29) is 43.4 Å². The van der Waals surface area contributed by atoms with Gasteiger partial charge in [-0.25, -0.2) is 0 Å². The normalized spacial score (nSPS) is 16.6. The lowest BCUT2D eigenvalue weighted by molar-refractivity contribution is -0.141. The Morgan fingerprint density at radius 3 is 2.71 bits per heavy atom. The van der Waals surface area contributed by atoms with Crippen molar-refractivity contribution in [1.82, 2.24) is 5.32 Å². The van der Waals surface area contributed by atoms with E-state index in [1.807, 2.05) is 0 Å². The Morgan fingerprint density at radius 2 is 2.08 bits per heavy atom. The number of benzene rings is 1. The van der Waals surface area contributed by atoms with E-state index >= 15 is 0 Å². The standard InChI is InChI=1S/C16H22N2O5.ClH/c1-21-16(20)6-8-23-14-4-2-12(3-5-14)18-15(19)10-13-11-22-9-7-17-13;/h2-5,13,17H,6-11H2,1H3,(H,18,19);1H. The maximum atomic E-state index is 12.0. The molecule has 0 spiro atoms. The number of methoxy groups -OCH3 is 1. The van der Waals surface area contributed by atoms with Gasteiger partial charge in [0.1, 0.15) is 5.75 Å². The molecule has 0 radical (unpaired) electrons. The Morgan fingerprint density at radius 1 is 1.33 bits per heavy atom. The monoisotopic (exact) mass is 358 g/mol. The second-order valence-electron chi connectivity index (χ2n) is 5.18. The molecule has 8 heteroatoms. The number of carbonyl (C=O) groups excluding carboxylic acids is 2. The van der Waals surface area contributed by atoms with Crippen molar-refractivity contribution >= 4 is 30.0 Å². The maximum absolute atomic E-state index is 12.0. The molecule has 24 heavy (non-hydrogen) atoms. The Bertz CT molecular complexity index is 518. The van der Waals surface area contributed by atoms with Crippen molar-refractivity contribution in [3.05, 3.63) is 24.3 Å². The highest BCUT2D eigenvalue weighted by molar-refractivity contribution is 5.91. The Hall–Kier alpha value is -1.83. The molecule has 1 aromatic rings. The van der Waals surface area contributed by atoms with Gasteiger partial charge >= 0.3 is 5.97 Å². The smallest absolute Gasteiger partial charge is 0.308 e. The van der Waals surface area contributed by atoms with Crippen LogP contribution in [0.3, 0.4) is 0 Å². The third kappa shape index (κ3) is 7.16. The molecule has 1 unspecified atom stereocenters. The summed E-state index contributed by atoms with van der Waals surface area (Å²) in [6, 6.07) is 7.07. The number of anilines is 1. The number of hydrogen-bond donors (Lipinski definition) is 2. The zero-order chi connectivity index (χ0) is 16.5. The van der Waals surface area contributed by atoms with E-state index in [0.717, 1.165) is 6.54 Å². The average molecular weight is 359 g/mol. The molecule has 1 saturated heterocycles. The van der Waals surface area contributed by atoms with E-state index < -0.39 is 0 Å². The van der Waals surface area contributed by atoms with Crippen LogP contribution < -0.4 is 15.4 Å². The van der Waals surface area contributed by atoms with Crippen LogP contribution in [0.25, 0.3) is 0 Å². The van der Waals surface area contributed by atoms with E-state index in [9.17, 15) is 9.59 Å². The molecule has 1 aliphatic rings. The summed E-state index contributed by atoms with van der Waals surface area (Å²) in [7, 11) is 1.34. The third-order valence-corrected chi connectivity index (χ3v) is 3.37. The van der Waals surface area contributed by atoms with Gasteiger partial charge < -0.3 is 24.8 Å². The van der Waals surface area contributed by atoms with Crippen molar-refractivity contribution in [2.45, 2.75) is 18.9 Å². The number of esters is 1. The lowest BCUT2D eigenvalue weighted by Crippen LogP contribution is -2.43. The molecule has 0 bridgehead atoms. The highest BCUT2D eigenvalue weighted by atomic mass is 35.5. The SMILES string of the molecule is COC(=O)CCOc1ccc(NC(=O)CC2COCCN2)cc1.Cl. The molecule has 1 heterocycles. The molecule has 0 aromatic heterocycles. The van der Waals surface area contributed by atoms with Crippen LogP contribution in [0.5, 0.6) is 5.75 Å². The quantitative estimate of drug-likeness (QED) is 0.716. The molecule has 2 N–H and O–H groups in total. The highest BCUT2D eigenvalue weighted by Gasteiger charge is 2.16. The van der Waals surface area contributed by atoms with Crippen LogP contribution in [-0.4, -0.2) is 51.4 Å². The predicted molar refractivity (Wildman–Crippen MR) is 91.7 cm³/mol. The fourth-order valence-electron chi connectivity index (χ4n) is 2.18. The zero-order valence-corrected chi connectivity index (χ0v) is 14.4. The minimum Gasteiger partial charge on any atom is -0.493 e. The van der Waals surface area contributed by atoms with Crippen molar-refractivity contribution in [2.24, 2.45) is 0 Å². The summed E-state index contributed by atoms with van der Waals surface area (Å²) in [6.07, 6.45) is 0.572. The first-order valence-corrected chi connectivity index (χ1v) is 7.58. The van der Waals surface area contributed by atoms with E-state index in [1.54, 1.807) is 24.3 Å². The van der Waals surface area contributed by atoms with Crippen LogP contribution in [0.2, 0.25) is 0 Å². The fraction of sp³-hybridized carbons (Fsp3) is 0.500. The predicted octanol–water partition coefficient (Wildman–Crippen LogP) is 1.37. The molecular weight excluding hydrogens is 336 g/mol. The van der Waals surface area contributed by atoms with Crippen LogP contribution >= 0.6 is 12.4 Å². The molecule has 1 aliphatic heterocycles. The Kier molecular flexibility index (Phi) is 9.14. The summed E-state index contributed by atoms with van der Waals surface area (Å²) in [6.45, 7) is 2.28. The van der Waals surface area contributed by atoms with Gasteiger partial charge in [0.25, 0.3) is 0 Å². The molecule has 1 fully saturated rings. The van der Waals surface area contributed by atoms with Gasteiger partial charge in [0, 0.05) is 24.7 Å². The van der Waals surface area contributed by atoms with E-state index in [0.29, 0.717) is 31.1 Å². The topological polar surface area (TPSA) is 85.9 Å². The number of amides is 1. The number of nitrogens with one attached hydrogen (secondary N) is 2. The Labute approximate surface area is 147 Å². The van der Waals surface area contributed by atoms with Crippen molar-refractivity contribution in [2.75, 3.05) is 38.8 Å². The lowest BCUT2D eigenvalue weighted by atomic mass is 10.2. The molecule has 2 rings (SSSR count). The maximum Gasteiger partial charge on any atom is 0.308 e. The van der Waals surface area contributed by atoms with Crippen LogP contribution in [0.4, 0.5) is 5.69 Å². The van der Waals surface area contributed by atoms with Crippen LogP contribution in [0.15, 0.2) is 24.3 Å². The Balaban J connectivity index is 0.00000288. The van der Waals surface area contributed by atoms with Crippen molar-refractivity contribution in [3.63, 3.8) is 0 Å². The number of carbonyl (C=O) groups is 2. The summed E-state index contributed by atoms with van der Waals surface area (Å²) >= 11 is 0. The van der Waals surface area contributed by atoms with E-state index in [2.05, 4.69) is 15.4 Å². The molecule has 1 amide bonds. The zero-order valence-electron chi connectivity index (χ0n) is 13.6. The minimum atomic E-state index is -0.311. The lowest BCUT2D eigenvalue weighted by Gasteiger charge is -2.23. The van der Waals surface area contributed by atoms with Gasteiger partial charge in [0.15, 0.2) is 0 Å². The number of ether oxygens (including phenoxy) is 3. The molecule has 1 aromatic carbocycles. The van der Waals surface area contributed by atoms with Gasteiger partial charge in [-0.1, -0.05) is 0 Å². The van der Waals surface area contributed by atoms with Gasteiger partial charge in [0.2, 0.25) is 5.91 Å². The summed E-state index contributed by atoms with van der Waals surface area (Å²) in [4.78, 5) is 22.9. The third-order valence-electron chi connectivity index (χ3n) is 3.37. The van der Waals surface area contributed by atoms with Crippen molar-refractivity contribution < 1.29 is 23.8 Å². The molecule has 0 saturated carbocycles. The summed E-state index contributed by atoms with van der Waals surface area (Å²) in [5.41, 5.74) is 0.701. The van der Waals surface area contributed by atoms with E-state index in [1.165, 1.54) is 7.11 Å². The highest BCUT2D eigenvalue weighted by Crippen LogP contribution is 2.16. The summed E-state index contributed by atoms with van der Waals surface area (Å²) in [5.74, 6) is 0.260. The second kappa shape index (κ2) is 10.9. The number of hydrogen-bond acceptors (Lipinski definition) is 6. The number of halogens is 1. The molecular formula is C16H23ClN2O5. The molecule has 1 atom stereocenters. The van der Waals surface area contributed by atoms with Gasteiger partial charge in [-0.3, -0.25) is 9.59 Å². The summed E-state index contributed by atoms with van der Waals surface area (Å²) < 4.78 is 15.3. The van der Waals surface area contributed by atoms with Gasteiger partial charge in [-0.2, -0.15) is 0 Å². The van der Waals surface area contributed by atoms with Crippen molar-refractivity contribution in [3.8, 4) is 5.75 Å². The fourth-order valence-corrected chi connectivity index (χ4v) is 2.18. The number of rotatable bonds is 7. The van der Waals surface area contributed by atoms with Crippen LogP contribution in [0.1, 0.15) is 12.8 Å². The second-order valence-corrected chi connectivity index (χ2v) is 5.18. The van der Waals surface area contributed by atoms with Crippen molar-refractivity contribution in [1.29, 1.82) is 0 Å². The first kappa shape index (κ1) is 20.2. The van der Waals surface area contributed by atoms with Gasteiger partial charge in [-0.15, -0.1) is 12.4 Å². The minimum absolute atomic E-state index is 0. The van der Waals surface area contributed by atoms with Gasteiger partial charge in [-0.05, 0) is 24.3 Å². The first-order chi connectivity index (χ1) is 11.2. The first-order valence-electron chi connectivity index (χ1n) is 7.58. The van der Waals surface area contributed by atoms with E-state index in [4.69, 9.17) is 9.47 Å². The largest absolute Gasteiger partial charge is 0.493 e. The number of morpholine rings is 1. The summed E-state index contributed by atoms with van der Waals surface area (Å²) in [5, 5.41) is 6.07. The van der Waals surface area contributed by atoms with Crippen LogP contribution in [0, 0.1) is 0 Å². The van der Waals surface area contributed by atoms with Gasteiger partial charge in [0.05, 0.1) is 33.4 Å². The molecule has 7 nitrogen and oxygen atoms in total.